The number of hydrogen-bond donors (Lipinski definition) is 1. The van der Waals surface area contributed by atoms with E-state index in [2.05, 4.69) is 12.2 Å². The molecule has 2 atom stereocenters. The van der Waals surface area contributed by atoms with Crippen LogP contribution in [-0.2, 0) is 10.0 Å². The van der Waals surface area contributed by atoms with Gasteiger partial charge in [0.15, 0.2) is 0 Å². The predicted molar refractivity (Wildman–Crippen MR) is 77.7 cm³/mol. The van der Waals surface area contributed by atoms with Crippen molar-refractivity contribution in [2.24, 2.45) is 5.92 Å². The highest BCUT2D eigenvalue weighted by molar-refractivity contribution is 7.89. The first-order valence-electron chi connectivity index (χ1n) is 6.77. The molecule has 0 spiro atoms. The topological polar surface area (TPSA) is 49.4 Å². The van der Waals surface area contributed by atoms with E-state index < -0.39 is 10.0 Å². The van der Waals surface area contributed by atoms with Crippen molar-refractivity contribution in [2.75, 3.05) is 18.9 Å². The van der Waals surface area contributed by atoms with Gasteiger partial charge in [0, 0.05) is 19.6 Å². The zero-order valence-electron chi connectivity index (χ0n) is 11.8. The SMILES string of the molecule is CNc1ccccc1S(=O)(=O)N1CCCC(C)C1C. The Morgan fingerprint density at radius 1 is 1.26 bits per heavy atom. The van der Waals surface area contributed by atoms with E-state index in [4.69, 9.17) is 0 Å². The number of nitrogens with one attached hydrogen (secondary N) is 1. The first kappa shape index (κ1) is 14.3. The summed E-state index contributed by atoms with van der Waals surface area (Å²) in [6.45, 7) is 4.74. The van der Waals surface area contributed by atoms with Crippen LogP contribution >= 0.6 is 0 Å². The molecule has 0 radical (unpaired) electrons. The molecular weight excluding hydrogens is 260 g/mol. The van der Waals surface area contributed by atoms with Gasteiger partial charge in [-0.15, -0.1) is 0 Å². The third-order valence-corrected chi connectivity index (χ3v) is 6.10. The van der Waals surface area contributed by atoms with E-state index in [0.717, 1.165) is 12.8 Å². The third-order valence-electron chi connectivity index (χ3n) is 4.06. The first-order valence-corrected chi connectivity index (χ1v) is 8.21. The van der Waals surface area contributed by atoms with Crippen molar-refractivity contribution >= 4 is 15.7 Å². The van der Waals surface area contributed by atoms with E-state index in [1.807, 2.05) is 13.0 Å². The van der Waals surface area contributed by atoms with Crippen molar-refractivity contribution in [2.45, 2.75) is 37.6 Å². The fraction of sp³-hybridized carbons (Fsp3) is 0.571. The van der Waals surface area contributed by atoms with E-state index in [1.54, 1.807) is 29.6 Å². The fourth-order valence-electron chi connectivity index (χ4n) is 2.66. The smallest absolute Gasteiger partial charge is 0.245 e. The van der Waals surface area contributed by atoms with Crippen LogP contribution in [0, 0.1) is 5.92 Å². The number of anilines is 1. The van der Waals surface area contributed by atoms with Crippen LogP contribution in [0.5, 0.6) is 0 Å². The second-order valence-electron chi connectivity index (χ2n) is 5.22. The second-order valence-corrected chi connectivity index (χ2v) is 7.08. The molecule has 0 saturated carbocycles. The summed E-state index contributed by atoms with van der Waals surface area (Å²) >= 11 is 0. The summed E-state index contributed by atoms with van der Waals surface area (Å²) in [5.74, 6) is 0.408. The molecular formula is C14H22N2O2S. The van der Waals surface area contributed by atoms with Gasteiger partial charge in [0.05, 0.1) is 5.69 Å². The van der Waals surface area contributed by atoms with Gasteiger partial charge in [-0.2, -0.15) is 4.31 Å². The molecule has 2 unspecified atom stereocenters. The van der Waals surface area contributed by atoms with Crippen LogP contribution in [0.4, 0.5) is 5.69 Å². The van der Waals surface area contributed by atoms with E-state index >= 15 is 0 Å². The molecule has 0 bridgehead atoms. The van der Waals surface area contributed by atoms with Gasteiger partial charge in [0.1, 0.15) is 4.90 Å². The minimum atomic E-state index is -3.42. The summed E-state index contributed by atoms with van der Waals surface area (Å²) in [5, 5.41) is 2.96. The number of hydrogen-bond acceptors (Lipinski definition) is 3. The van der Waals surface area contributed by atoms with Crippen molar-refractivity contribution in [3.8, 4) is 0 Å². The van der Waals surface area contributed by atoms with E-state index in [1.165, 1.54) is 0 Å². The number of rotatable bonds is 3. The summed E-state index contributed by atoms with van der Waals surface area (Å²) in [7, 11) is -1.67. The Bertz CT molecular complexity index is 542. The summed E-state index contributed by atoms with van der Waals surface area (Å²) in [4.78, 5) is 0.374. The van der Waals surface area contributed by atoms with Crippen LogP contribution in [0.15, 0.2) is 29.2 Å². The van der Waals surface area contributed by atoms with Gasteiger partial charge in [-0.3, -0.25) is 0 Å². The number of para-hydroxylation sites is 1. The Balaban J connectivity index is 2.42. The molecule has 1 N–H and O–H groups in total. The van der Waals surface area contributed by atoms with Gasteiger partial charge in [-0.1, -0.05) is 19.1 Å². The van der Waals surface area contributed by atoms with E-state index in [-0.39, 0.29) is 6.04 Å². The van der Waals surface area contributed by atoms with Crippen LogP contribution in [-0.4, -0.2) is 32.4 Å². The van der Waals surface area contributed by atoms with Crippen molar-refractivity contribution < 1.29 is 8.42 Å². The lowest BCUT2D eigenvalue weighted by atomic mass is 9.94. The maximum Gasteiger partial charge on any atom is 0.245 e. The minimum Gasteiger partial charge on any atom is -0.387 e. The molecule has 4 nitrogen and oxygen atoms in total. The van der Waals surface area contributed by atoms with Crippen LogP contribution in [0.3, 0.4) is 0 Å². The molecule has 2 rings (SSSR count). The Labute approximate surface area is 115 Å². The number of sulfonamides is 1. The average Bonchev–Trinajstić information content (AvgIpc) is 2.41. The van der Waals surface area contributed by atoms with Crippen molar-refractivity contribution in [3.63, 3.8) is 0 Å². The Hall–Kier alpha value is -1.07. The van der Waals surface area contributed by atoms with E-state index in [0.29, 0.717) is 23.0 Å². The summed E-state index contributed by atoms with van der Waals surface area (Å²) in [6.07, 6.45) is 2.04. The second kappa shape index (κ2) is 5.51. The molecule has 1 aromatic carbocycles. The molecule has 1 fully saturated rings. The minimum absolute atomic E-state index is 0.0589. The molecule has 19 heavy (non-hydrogen) atoms. The van der Waals surface area contributed by atoms with Crippen LogP contribution in [0.1, 0.15) is 26.7 Å². The summed E-state index contributed by atoms with van der Waals surface area (Å²) in [5.41, 5.74) is 0.660. The predicted octanol–water partition coefficient (Wildman–Crippen LogP) is 2.54. The van der Waals surface area contributed by atoms with Crippen molar-refractivity contribution in [1.29, 1.82) is 0 Å². The van der Waals surface area contributed by atoms with Gasteiger partial charge in [0.25, 0.3) is 0 Å². The van der Waals surface area contributed by atoms with Gasteiger partial charge in [-0.05, 0) is 37.8 Å². The van der Waals surface area contributed by atoms with Gasteiger partial charge < -0.3 is 5.32 Å². The van der Waals surface area contributed by atoms with Gasteiger partial charge in [-0.25, -0.2) is 8.42 Å². The third kappa shape index (κ3) is 2.62. The number of piperidine rings is 1. The monoisotopic (exact) mass is 282 g/mol. The largest absolute Gasteiger partial charge is 0.387 e. The lowest BCUT2D eigenvalue weighted by molar-refractivity contribution is 0.202. The molecule has 106 valence electrons. The van der Waals surface area contributed by atoms with Crippen molar-refractivity contribution in [1.82, 2.24) is 4.31 Å². The van der Waals surface area contributed by atoms with Crippen LogP contribution < -0.4 is 5.32 Å². The quantitative estimate of drug-likeness (QED) is 0.927. The molecule has 1 aliphatic heterocycles. The Morgan fingerprint density at radius 2 is 1.95 bits per heavy atom. The molecule has 0 aromatic heterocycles. The maximum atomic E-state index is 12.8. The number of nitrogens with zero attached hydrogens (tertiary/aromatic N) is 1. The zero-order chi connectivity index (χ0) is 14.0. The van der Waals surface area contributed by atoms with Gasteiger partial charge >= 0.3 is 0 Å². The molecule has 0 aliphatic carbocycles. The highest BCUT2D eigenvalue weighted by atomic mass is 32.2. The lowest BCUT2D eigenvalue weighted by Crippen LogP contribution is -2.46. The highest BCUT2D eigenvalue weighted by Gasteiger charge is 2.35. The van der Waals surface area contributed by atoms with Gasteiger partial charge in [0.2, 0.25) is 10.0 Å². The summed E-state index contributed by atoms with van der Waals surface area (Å²) < 4.78 is 27.3. The molecule has 1 aromatic rings. The van der Waals surface area contributed by atoms with Crippen LogP contribution in [0.2, 0.25) is 0 Å². The fourth-order valence-corrected chi connectivity index (χ4v) is 4.63. The zero-order valence-corrected chi connectivity index (χ0v) is 12.6. The molecule has 1 saturated heterocycles. The first-order chi connectivity index (χ1) is 8.98. The highest BCUT2D eigenvalue weighted by Crippen LogP contribution is 2.31. The Kier molecular flexibility index (Phi) is 4.16. The van der Waals surface area contributed by atoms with Crippen LogP contribution in [0.25, 0.3) is 0 Å². The normalized spacial score (nSPS) is 25.2. The molecule has 0 amide bonds. The molecule has 5 heteroatoms. The van der Waals surface area contributed by atoms with Crippen molar-refractivity contribution in [3.05, 3.63) is 24.3 Å². The molecule has 1 heterocycles. The average molecular weight is 282 g/mol. The lowest BCUT2D eigenvalue weighted by Gasteiger charge is -2.37. The van der Waals surface area contributed by atoms with E-state index in [9.17, 15) is 8.42 Å². The Morgan fingerprint density at radius 3 is 2.63 bits per heavy atom. The summed E-state index contributed by atoms with van der Waals surface area (Å²) in [6, 6.07) is 7.14. The number of benzene rings is 1. The standard InChI is InChI=1S/C14H22N2O2S/c1-11-7-6-10-16(12(11)2)19(17,18)14-9-5-4-8-13(14)15-3/h4-5,8-9,11-12,15H,6-7,10H2,1-3H3. The molecule has 1 aliphatic rings. The maximum absolute atomic E-state index is 12.8.